The number of methoxy groups -OCH3 is 2. The summed E-state index contributed by atoms with van der Waals surface area (Å²) in [5.41, 5.74) is -0.0328. The maximum atomic E-state index is 5.98. The van der Waals surface area contributed by atoms with Crippen LogP contribution in [0.15, 0.2) is 29.0 Å². The van der Waals surface area contributed by atoms with Gasteiger partial charge in [0.25, 0.3) is 0 Å². The molecule has 0 bridgehead atoms. The van der Waals surface area contributed by atoms with Crippen LogP contribution in [0.3, 0.4) is 0 Å². The molecular formula is C20H26BBrCl2N2O6. The van der Waals surface area contributed by atoms with Crippen molar-refractivity contribution < 1.29 is 28.3 Å². The molecular weight excluding hydrogens is 526 g/mol. The van der Waals surface area contributed by atoms with Crippen molar-refractivity contribution in [2.24, 2.45) is 0 Å². The summed E-state index contributed by atoms with van der Waals surface area (Å²) in [4.78, 5) is 7.97. The minimum Gasteiger partial charge on any atom is -0.464 e. The molecule has 1 fully saturated rings. The van der Waals surface area contributed by atoms with E-state index in [1.54, 1.807) is 38.7 Å². The summed E-state index contributed by atoms with van der Waals surface area (Å²) >= 11 is 14.9. The van der Waals surface area contributed by atoms with E-state index in [2.05, 4.69) is 25.9 Å². The van der Waals surface area contributed by atoms with Gasteiger partial charge in [-0.05, 0) is 55.8 Å². The maximum Gasteiger partial charge on any atom is 0.496 e. The van der Waals surface area contributed by atoms with Crippen LogP contribution >= 0.6 is 39.1 Å². The number of halogens is 3. The molecule has 0 atom stereocenters. The van der Waals surface area contributed by atoms with Crippen LogP contribution in [0.5, 0.6) is 11.5 Å². The van der Waals surface area contributed by atoms with Crippen LogP contribution in [-0.4, -0.2) is 56.1 Å². The van der Waals surface area contributed by atoms with Gasteiger partial charge in [-0.3, -0.25) is 0 Å². The molecule has 0 aliphatic carbocycles. The third-order valence-corrected chi connectivity index (χ3v) is 5.79. The smallest absolute Gasteiger partial charge is 0.464 e. The predicted molar refractivity (Wildman–Crippen MR) is 127 cm³/mol. The quantitative estimate of drug-likeness (QED) is 0.283. The third kappa shape index (κ3) is 7.18. The highest BCUT2D eigenvalue weighted by molar-refractivity contribution is 9.10. The number of hydrogen-bond acceptors (Lipinski definition) is 8. The molecule has 0 amide bonds. The zero-order valence-corrected chi connectivity index (χ0v) is 21.9. The first kappa shape index (κ1) is 27.1. The van der Waals surface area contributed by atoms with Crippen LogP contribution in [0.4, 0.5) is 0 Å². The van der Waals surface area contributed by atoms with E-state index >= 15 is 0 Å². The van der Waals surface area contributed by atoms with Crippen molar-refractivity contribution >= 4 is 51.7 Å². The normalized spacial score (nSPS) is 16.3. The van der Waals surface area contributed by atoms with Crippen molar-refractivity contribution in [2.75, 3.05) is 27.8 Å². The Bertz CT molecular complexity index is 890. The fraction of sp³-hybridized carbons (Fsp3) is 0.500. The molecule has 0 N–H and O–H groups in total. The molecule has 0 unspecified atom stereocenters. The van der Waals surface area contributed by atoms with Crippen molar-refractivity contribution in [3.8, 4) is 11.5 Å². The molecule has 8 nitrogen and oxygen atoms in total. The SMILES string of the molecule is COCOc1cc(B2OC(C)(C)C(C)(C)O2)cnc1Cl.COCOc1cc(Br)cnc1Cl. The number of nitrogens with zero attached hydrogens (tertiary/aromatic N) is 2. The summed E-state index contributed by atoms with van der Waals surface area (Å²) < 4.78 is 32.8. The molecule has 2 aromatic heterocycles. The van der Waals surface area contributed by atoms with Crippen molar-refractivity contribution in [2.45, 2.75) is 38.9 Å². The van der Waals surface area contributed by atoms with Gasteiger partial charge in [0.1, 0.15) is 0 Å². The van der Waals surface area contributed by atoms with E-state index < -0.39 is 18.3 Å². The van der Waals surface area contributed by atoms with Crippen LogP contribution in [-0.2, 0) is 18.8 Å². The summed E-state index contributed by atoms with van der Waals surface area (Å²) in [7, 11) is 2.59. The summed E-state index contributed by atoms with van der Waals surface area (Å²) in [6.45, 7) is 8.26. The molecule has 176 valence electrons. The zero-order valence-electron chi connectivity index (χ0n) is 18.8. The summed E-state index contributed by atoms with van der Waals surface area (Å²) in [6.07, 6.45) is 3.23. The first-order valence-corrected chi connectivity index (χ1v) is 11.1. The van der Waals surface area contributed by atoms with Gasteiger partial charge >= 0.3 is 7.12 Å². The van der Waals surface area contributed by atoms with Gasteiger partial charge in [0.05, 0.1) is 11.2 Å². The van der Waals surface area contributed by atoms with Gasteiger partial charge in [-0.1, -0.05) is 23.2 Å². The molecule has 3 rings (SSSR count). The Morgan fingerprint density at radius 3 is 1.84 bits per heavy atom. The molecule has 0 radical (unpaired) electrons. The van der Waals surface area contributed by atoms with Gasteiger partial charge in [-0.15, -0.1) is 0 Å². The molecule has 1 aliphatic rings. The van der Waals surface area contributed by atoms with E-state index in [-0.39, 0.29) is 18.7 Å². The number of aromatic nitrogens is 2. The van der Waals surface area contributed by atoms with Crippen molar-refractivity contribution in [3.05, 3.63) is 39.3 Å². The molecule has 0 spiro atoms. The highest BCUT2D eigenvalue weighted by atomic mass is 79.9. The Hall–Kier alpha value is -1.14. The summed E-state index contributed by atoms with van der Waals surface area (Å²) in [5.74, 6) is 0.952. The van der Waals surface area contributed by atoms with Crippen LogP contribution < -0.4 is 14.9 Å². The van der Waals surface area contributed by atoms with Gasteiger partial charge in [0, 0.05) is 36.5 Å². The summed E-state index contributed by atoms with van der Waals surface area (Å²) in [5, 5.41) is 0.609. The topological polar surface area (TPSA) is 81.2 Å². The zero-order chi connectivity index (χ0) is 23.9. The van der Waals surface area contributed by atoms with E-state index in [9.17, 15) is 0 Å². The number of pyridine rings is 2. The highest BCUT2D eigenvalue weighted by Gasteiger charge is 2.51. The third-order valence-electron chi connectivity index (χ3n) is 4.79. The Kier molecular flexibility index (Phi) is 10.0. The van der Waals surface area contributed by atoms with Crippen LogP contribution in [0.2, 0.25) is 10.3 Å². The van der Waals surface area contributed by atoms with E-state index in [0.717, 1.165) is 9.94 Å². The molecule has 0 saturated carbocycles. The summed E-state index contributed by atoms with van der Waals surface area (Å²) in [6, 6.07) is 3.49. The Morgan fingerprint density at radius 2 is 1.34 bits per heavy atom. The fourth-order valence-electron chi connectivity index (χ4n) is 2.40. The second-order valence-electron chi connectivity index (χ2n) is 7.69. The number of hydrogen-bond donors (Lipinski definition) is 0. The van der Waals surface area contributed by atoms with Gasteiger partial charge < -0.3 is 28.3 Å². The Labute approximate surface area is 207 Å². The molecule has 12 heteroatoms. The van der Waals surface area contributed by atoms with E-state index in [4.69, 9.17) is 51.5 Å². The average molecular weight is 552 g/mol. The Morgan fingerprint density at radius 1 is 0.875 bits per heavy atom. The van der Waals surface area contributed by atoms with Gasteiger partial charge in [0.15, 0.2) is 35.4 Å². The lowest BCUT2D eigenvalue weighted by atomic mass is 9.80. The largest absolute Gasteiger partial charge is 0.496 e. The lowest BCUT2D eigenvalue weighted by molar-refractivity contribution is 0.00578. The van der Waals surface area contributed by atoms with Crippen molar-refractivity contribution in [1.29, 1.82) is 0 Å². The molecule has 0 aromatic carbocycles. The Balaban J connectivity index is 0.000000258. The molecule has 2 aromatic rings. The minimum atomic E-state index is -0.491. The first-order chi connectivity index (χ1) is 15.0. The average Bonchev–Trinajstić information content (AvgIpc) is 2.95. The second-order valence-corrected chi connectivity index (χ2v) is 9.32. The second kappa shape index (κ2) is 11.8. The monoisotopic (exact) mass is 550 g/mol. The molecule has 1 aliphatic heterocycles. The molecule has 32 heavy (non-hydrogen) atoms. The van der Waals surface area contributed by atoms with Gasteiger partial charge in [0.2, 0.25) is 0 Å². The minimum absolute atomic E-state index is 0.105. The first-order valence-electron chi connectivity index (χ1n) is 9.56. The highest BCUT2D eigenvalue weighted by Crippen LogP contribution is 2.36. The molecule has 3 heterocycles. The van der Waals surface area contributed by atoms with E-state index in [1.807, 2.05) is 27.7 Å². The lowest BCUT2D eigenvalue weighted by Gasteiger charge is -2.32. The van der Waals surface area contributed by atoms with E-state index in [1.165, 1.54) is 0 Å². The van der Waals surface area contributed by atoms with Crippen LogP contribution in [0.25, 0.3) is 0 Å². The number of ether oxygens (including phenoxy) is 4. The van der Waals surface area contributed by atoms with Crippen LogP contribution in [0, 0.1) is 0 Å². The van der Waals surface area contributed by atoms with Crippen LogP contribution in [0.1, 0.15) is 27.7 Å². The molecule has 1 saturated heterocycles. The van der Waals surface area contributed by atoms with Gasteiger partial charge in [-0.2, -0.15) is 0 Å². The van der Waals surface area contributed by atoms with E-state index in [0.29, 0.717) is 16.7 Å². The predicted octanol–water partition coefficient (Wildman–Crippen LogP) is 4.50. The van der Waals surface area contributed by atoms with Crippen molar-refractivity contribution in [1.82, 2.24) is 9.97 Å². The lowest BCUT2D eigenvalue weighted by Crippen LogP contribution is -2.41. The van der Waals surface area contributed by atoms with Crippen molar-refractivity contribution in [3.63, 3.8) is 0 Å². The standard InChI is InChI=1S/C13H19BClNO4.C7H7BrClNO2/c1-12(2)13(3,4)20-14(19-12)9-6-10(18-8-17-5)11(15)16-7-9;1-11-4-12-6-2-5(8)3-10-7(6)9/h6-7H,8H2,1-5H3;2-3H,4H2,1H3. The maximum absolute atomic E-state index is 5.98. The van der Waals surface area contributed by atoms with Gasteiger partial charge in [-0.25, -0.2) is 9.97 Å². The fourth-order valence-corrected chi connectivity index (χ4v) is 3.03. The number of rotatable bonds is 7.